The zero-order valence-corrected chi connectivity index (χ0v) is 9.86. The second kappa shape index (κ2) is 6.22. The van der Waals surface area contributed by atoms with Gasteiger partial charge in [0.2, 0.25) is 11.8 Å². The van der Waals surface area contributed by atoms with Gasteiger partial charge in [-0.05, 0) is 12.8 Å². The monoisotopic (exact) mass is 242 g/mol. The van der Waals surface area contributed by atoms with Gasteiger partial charge in [0.05, 0.1) is 0 Å². The van der Waals surface area contributed by atoms with Gasteiger partial charge in [-0.25, -0.2) is 4.79 Å². The summed E-state index contributed by atoms with van der Waals surface area (Å²) in [5.74, 6) is -1.60. The van der Waals surface area contributed by atoms with Gasteiger partial charge >= 0.3 is 5.97 Å². The lowest BCUT2D eigenvalue weighted by molar-refractivity contribution is -0.142. The van der Waals surface area contributed by atoms with Gasteiger partial charge in [-0.15, -0.1) is 0 Å². The summed E-state index contributed by atoms with van der Waals surface area (Å²) in [7, 11) is 0. The van der Waals surface area contributed by atoms with Crippen molar-refractivity contribution in [2.75, 3.05) is 0 Å². The summed E-state index contributed by atoms with van der Waals surface area (Å²) < 4.78 is 0. The maximum atomic E-state index is 11.7. The number of carboxylic acids is 1. The zero-order valence-electron chi connectivity index (χ0n) is 9.86. The molecule has 1 heterocycles. The summed E-state index contributed by atoms with van der Waals surface area (Å²) in [4.78, 5) is 33.5. The maximum absolute atomic E-state index is 11.7. The first-order chi connectivity index (χ1) is 8.04. The molecule has 0 radical (unpaired) electrons. The van der Waals surface area contributed by atoms with E-state index in [1.165, 1.54) is 0 Å². The Hall–Kier alpha value is -1.59. The molecule has 0 aliphatic carbocycles. The fourth-order valence-corrected chi connectivity index (χ4v) is 1.75. The van der Waals surface area contributed by atoms with Crippen LogP contribution in [0.25, 0.3) is 0 Å². The largest absolute Gasteiger partial charge is 0.480 e. The van der Waals surface area contributed by atoms with Crippen LogP contribution < -0.4 is 10.6 Å². The first-order valence-electron chi connectivity index (χ1n) is 5.87. The molecule has 0 aromatic heterocycles. The number of nitrogens with one attached hydrogen (secondary N) is 2. The number of carboxylic acid groups (broad SMARTS) is 1. The summed E-state index contributed by atoms with van der Waals surface area (Å²) in [6.07, 6.45) is 2.79. The number of aliphatic carboxylic acids is 1. The van der Waals surface area contributed by atoms with Crippen molar-refractivity contribution in [3.05, 3.63) is 0 Å². The average molecular weight is 242 g/mol. The molecule has 1 aliphatic heterocycles. The molecule has 96 valence electrons. The van der Waals surface area contributed by atoms with Crippen LogP contribution in [-0.2, 0) is 14.4 Å². The number of rotatable bonds is 6. The zero-order chi connectivity index (χ0) is 12.8. The first kappa shape index (κ1) is 13.5. The second-order valence-electron chi connectivity index (χ2n) is 4.20. The van der Waals surface area contributed by atoms with Crippen molar-refractivity contribution in [1.29, 1.82) is 0 Å². The standard InChI is InChI=1S/C11H18N2O4/c1-2-3-4-8(11(16)17)13-10(15)7-5-6-9(14)12-7/h7-8H,2-6H2,1H3,(H,12,14)(H,13,15)(H,16,17)/t7-,8-/m1/s1. The summed E-state index contributed by atoms with van der Waals surface area (Å²) in [6.45, 7) is 1.96. The van der Waals surface area contributed by atoms with Crippen LogP contribution in [0.1, 0.15) is 39.0 Å². The maximum Gasteiger partial charge on any atom is 0.326 e. The van der Waals surface area contributed by atoms with Crippen molar-refractivity contribution < 1.29 is 19.5 Å². The van der Waals surface area contributed by atoms with E-state index in [0.717, 1.165) is 12.8 Å². The van der Waals surface area contributed by atoms with E-state index in [-0.39, 0.29) is 5.91 Å². The lowest BCUT2D eigenvalue weighted by Gasteiger charge is -2.17. The molecule has 2 amide bonds. The highest BCUT2D eigenvalue weighted by Gasteiger charge is 2.29. The predicted molar refractivity (Wildman–Crippen MR) is 60.3 cm³/mol. The molecule has 0 saturated carbocycles. The van der Waals surface area contributed by atoms with Gasteiger partial charge in [-0.3, -0.25) is 9.59 Å². The van der Waals surface area contributed by atoms with Crippen molar-refractivity contribution in [2.24, 2.45) is 0 Å². The molecule has 0 spiro atoms. The van der Waals surface area contributed by atoms with E-state index in [4.69, 9.17) is 5.11 Å². The molecule has 0 bridgehead atoms. The van der Waals surface area contributed by atoms with Crippen molar-refractivity contribution in [3.8, 4) is 0 Å². The topological polar surface area (TPSA) is 95.5 Å². The third kappa shape index (κ3) is 4.05. The van der Waals surface area contributed by atoms with Crippen LogP contribution in [0.4, 0.5) is 0 Å². The van der Waals surface area contributed by atoms with Crippen LogP contribution in [0.2, 0.25) is 0 Å². The second-order valence-corrected chi connectivity index (χ2v) is 4.20. The average Bonchev–Trinajstić information content (AvgIpc) is 2.70. The van der Waals surface area contributed by atoms with Crippen LogP contribution in [0, 0.1) is 0 Å². The summed E-state index contributed by atoms with van der Waals surface area (Å²) in [6, 6.07) is -1.44. The van der Waals surface area contributed by atoms with E-state index in [2.05, 4.69) is 10.6 Å². The van der Waals surface area contributed by atoms with Crippen LogP contribution in [-0.4, -0.2) is 35.0 Å². The fourth-order valence-electron chi connectivity index (χ4n) is 1.75. The van der Waals surface area contributed by atoms with Gasteiger partial charge in [0.25, 0.3) is 0 Å². The number of amides is 2. The van der Waals surface area contributed by atoms with E-state index in [9.17, 15) is 14.4 Å². The molecular formula is C11H18N2O4. The molecule has 0 unspecified atom stereocenters. The quantitative estimate of drug-likeness (QED) is 0.612. The van der Waals surface area contributed by atoms with Gasteiger partial charge < -0.3 is 15.7 Å². The van der Waals surface area contributed by atoms with Crippen LogP contribution in [0.5, 0.6) is 0 Å². The molecule has 3 N–H and O–H groups in total. The molecule has 0 aromatic rings. The van der Waals surface area contributed by atoms with Crippen LogP contribution in [0.3, 0.4) is 0 Å². The number of carbonyl (C=O) groups is 3. The highest BCUT2D eigenvalue weighted by molar-refractivity contribution is 5.92. The Morgan fingerprint density at radius 2 is 2.29 bits per heavy atom. The highest BCUT2D eigenvalue weighted by atomic mass is 16.4. The minimum atomic E-state index is -1.03. The minimum absolute atomic E-state index is 0.161. The van der Waals surface area contributed by atoms with Gasteiger partial charge in [-0.1, -0.05) is 19.8 Å². The molecular weight excluding hydrogens is 224 g/mol. The molecule has 6 nitrogen and oxygen atoms in total. The molecule has 1 fully saturated rings. The third-order valence-corrected chi connectivity index (χ3v) is 2.77. The Bertz CT molecular complexity index is 317. The Morgan fingerprint density at radius 3 is 2.76 bits per heavy atom. The highest BCUT2D eigenvalue weighted by Crippen LogP contribution is 2.08. The number of hydrogen-bond donors (Lipinski definition) is 3. The molecule has 2 atom stereocenters. The third-order valence-electron chi connectivity index (χ3n) is 2.77. The van der Waals surface area contributed by atoms with E-state index in [1.54, 1.807) is 0 Å². The Labute approximate surface area is 99.8 Å². The molecule has 1 rings (SSSR count). The smallest absolute Gasteiger partial charge is 0.326 e. The van der Waals surface area contributed by atoms with Crippen molar-refractivity contribution in [1.82, 2.24) is 10.6 Å². The van der Waals surface area contributed by atoms with Gasteiger partial charge in [0.1, 0.15) is 12.1 Å². The van der Waals surface area contributed by atoms with Gasteiger partial charge in [0.15, 0.2) is 0 Å². The normalized spacial score (nSPS) is 20.8. The fraction of sp³-hybridized carbons (Fsp3) is 0.727. The number of hydrogen-bond acceptors (Lipinski definition) is 3. The van der Waals surface area contributed by atoms with E-state index < -0.39 is 24.0 Å². The van der Waals surface area contributed by atoms with E-state index >= 15 is 0 Å². The summed E-state index contributed by atoms with van der Waals surface area (Å²) in [5.41, 5.74) is 0. The Kier molecular flexibility index (Phi) is 4.93. The first-order valence-corrected chi connectivity index (χ1v) is 5.87. The van der Waals surface area contributed by atoms with Crippen molar-refractivity contribution in [3.63, 3.8) is 0 Å². The lowest BCUT2D eigenvalue weighted by Crippen LogP contribution is -2.48. The molecule has 0 aromatic carbocycles. The minimum Gasteiger partial charge on any atom is -0.480 e. The van der Waals surface area contributed by atoms with E-state index in [1.807, 2.05) is 6.92 Å². The van der Waals surface area contributed by atoms with Crippen LogP contribution >= 0.6 is 0 Å². The predicted octanol–water partition coefficient (Wildman–Crippen LogP) is 0.0246. The van der Waals surface area contributed by atoms with Crippen molar-refractivity contribution in [2.45, 2.75) is 51.1 Å². The number of carbonyl (C=O) groups excluding carboxylic acids is 2. The Morgan fingerprint density at radius 1 is 1.59 bits per heavy atom. The molecule has 6 heteroatoms. The molecule has 17 heavy (non-hydrogen) atoms. The Balaban J connectivity index is 2.46. The summed E-state index contributed by atoms with van der Waals surface area (Å²) in [5, 5.41) is 13.9. The van der Waals surface area contributed by atoms with Crippen molar-refractivity contribution >= 4 is 17.8 Å². The molecule has 1 aliphatic rings. The lowest BCUT2D eigenvalue weighted by atomic mass is 10.1. The van der Waals surface area contributed by atoms with E-state index in [0.29, 0.717) is 19.3 Å². The molecule has 1 saturated heterocycles. The van der Waals surface area contributed by atoms with Gasteiger partial charge in [-0.2, -0.15) is 0 Å². The van der Waals surface area contributed by atoms with Crippen LogP contribution in [0.15, 0.2) is 0 Å². The number of unbranched alkanes of at least 4 members (excludes halogenated alkanes) is 1. The van der Waals surface area contributed by atoms with Gasteiger partial charge in [0, 0.05) is 6.42 Å². The SMILES string of the molecule is CCCC[C@@H](NC(=O)[C@H]1CCC(=O)N1)C(=O)O. The summed E-state index contributed by atoms with van der Waals surface area (Å²) >= 11 is 0.